The molecule has 1 fully saturated rings. The Morgan fingerprint density at radius 3 is 2.84 bits per heavy atom. The summed E-state index contributed by atoms with van der Waals surface area (Å²) in [5.74, 6) is -0.0368. The number of aromatic nitrogens is 3. The number of fused-ring (bicyclic) bond motifs is 1. The van der Waals surface area contributed by atoms with Gasteiger partial charge in [0.25, 0.3) is 5.91 Å². The van der Waals surface area contributed by atoms with Crippen LogP contribution in [0.1, 0.15) is 34.9 Å². The minimum atomic E-state index is -0.0368. The van der Waals surface area contributed by atoms with Gasteiger partial charge in [0.2, 0.25) is 0 Å². The van der Waals surface area contributed by atoms with Crippen LogP contribution in [0.2, 0.25) is 0 Å². The third kappa shape index (κ3) is 3.24. The average molecular weight is 340 g/mol. The van der Waals surface area contributed by atoms with Crippen molar-refractivity contribution in [3.63, 3.8) is 0 Å². The fourth-order valence-corrected chi connectivity index (χ4v) is 3.65. The first-order valence-electron chi connectivity index (χ1n) is 8.93. The zero-order valence-corrected chi connectivity index (χ0v) is 14.6. The number of likely N-dealkylation sites (N-methyl/N-ethyl adjacent to an activating group) is 1. The topological polar surface area (TPSA) is 66.3 Å². The number of carbonyl (C=O) groups excluding carboxylic acids is 1. The van der Waals surface area contributed by atoms with Crippen molar-refractivity contribution in [1.82, 2.24) is 25.2 Å². The smallest absolute Gasteiger partial charge is 0.276 e. The van der Waals surface area contributed by atoms with Crippen LogP contribution in [-0.2, 0) is 6.54 Å². The fourth-order valence-electron chi connectivity index (χ4n) is 3.65. The summed E-state index contributed by atoms with van der Waals surface area (Å²) >= 11 is 0. The predicted octanol–water partition coefficient (Wildman–Crippen LogP) is 1.29. The molecule has 0 unspecified atom stereocenters. The summed E-state index contributed by atoms with van der Waals surface area (Å²) in [4.78, 5) is 17.0. The Kier molecular flexibility index (Phi) is 4.40. The number of hydrogen-bond donors (Lipinski definition) is 1. The first-order valence-corrected chi connectivity index (χ1v) is 8.93. The van der Waals surface area contributed by atoms with Crippen LogP contribution >= 0.6 is 0 Å². The van der Waals surface area contributed by atoms with Gasteiger partial charge in [-0.1, -0.05) is 23.4 Å². The van der Waals surface area contributed by atoms with Gasteiger partial charge in [0.05, 0.1) is 12.2 Å². The number of nitrogens with one attached hydrogen (secondary N) is 1. The molecular weight excluding hydrogens is 316 g/mol. The number of anilines is 1. The van der Waals surface area contributed by atoms with Crippen molar-refractivity contribution in [2.75, 3.05) is 38.1 Å². The standard InChI is InChI=1S/C18H24N6O/c1-22-10-11-23(12-14-4-2-3-5-17(14)22)18(25)16-13-24(21-20-16)15-6-8-19-9-7-15/h2-5,13,15,19H,6-12H2,1H3. The molecule has 3 heterocycles. The highest BCUT2D eigenvalue weighted by molar-refractivity contribution is 5.92. The van der Waals surface area contributed by atoms with E-state index < -0.39 is 0 Å². The van der Waals surface area contributed by atoms with Crippen molar-refractivity contribution in [2.24, 2.45) is 0 Å². The van der Waals surface area contributed by atoms with Crippen LogP contribution in [-0.4, -0.2) is 59.0 Å². The van der Waals surface area contributed by atoms with E-state index in [1.807, 2.05) is 27.9 Å². The third-order valence-corrected chi connectivity index (χ3v) is 5.17. The Labute approximate surface area is 147 Å². The lowest BCUT2D eigenvalue weighted by Crippen LogP contribution is -2.34. The lowest BCUT2D eigenvalue weighted by atomic mass is 10.1. The van der Waals surface area contributed by atoms with Crippen molar-refractivity contribution >= 4 is 11.6 Å². The van der Waals surface area contributed by atoms with E-state index in [9.17, 15) is 4.79 Å². The fraction of sp³-hybridized carbons (Fsp3) is 0.500. The van der Waals surface area contributed by atoms with Gasteiger partial charge in [-0.3, -0.25) is 4.79 Å². The number of nitrogens with zero attached hydrogens (tertiary/aromatic N) is 5. The number of benzene rings is 1. The van der Waals surface area contributed by atoms with Gasteiger partial charge in [-0.25, -0.2) is 4.68 Å². The minimum Gasteiger partial charge on any atom is -0.373 e. The molecule has 2 aliphatic rings. The number of amides is 1. The van der Waals surface area contributed by atoms with E-state index in [-0.39, 0.29) is 5.91 Å². The van der Waals surface area contributed by atoms with Crippen molar-refractivity contribution in [3.05, 3.63) is 41.7 Å². The largest absolute Gasteiger partial charge is 0.373 e. The van der Waals surface area contributed by atoms with Crippen LogP contribution in [0, 0.1) is 0 Å². The Hall–Kier alpha value is -2.41. The lowest BCUT2D eigenvalue weighted by Gasteiger charge is -2.22. The summed E-state index contributed by atoms with van der Waals surface area (Å²) < 4.78 is 1.87. The molecule has 0 bridgehead atoms. The third-order valence-electron chi connectivity index (χ3n) is 5.17. The van der Waals surface area contributed by atoms with Crippen molar-refractivity contribution in [3.8, 4) is 0 Å². The van der Waals surface area contributed by atoms with E-state index in [1.165, 1.54) is 11.3 Å². The molecule has 2 aromatic rings. The first-order chi connectivity index (χ1) is 12.2. The number of piperidine rings is 1. The van der Waals surface area contributed by atoms with Crippen LogP contribution in [0.5, 0.6) is 0 Å². The SMILES string of the molecule is CN1CCN(C(=O)c2cn(C3CCNCC3)nn2)Cc2ccccc21. The summed E-state index contributed by atoms with van der Waals surface area (Å²) in [6.45, 7) is 4.08. The summed E-state index contributed by atoms with van der Waals surface area (Å²) in [6.07, 6.45) is 3.87. The van der Waals surface area contributed by atoms with Gasteiger partial charge in [0.15, 0.2) is 5.69 Å². The number of para-hydroxylation sites is 1. The maximum atomic E-state index is 12.9. The molecule has 1 saturated heterocycles. The second-order valence-electron chi connectivity index (χ2n) is 6.84. The first kappa shape index (κ1) is 16.1. The van der Waals surface area contributed by atoms with E-state index in [2.05, 4.69) is 39.7 Å². The van der Waals surface area contributed by atoms with Gasteiger partial charge in [-0.2, -0.15) is 0 Å². The lowest BCUT2D eigenvalue weighted by molar-refractivity contribution is 0.0745. The van der Waals surface area contributed by atoms with Crippen LogP contribution in [0.15, 0.2) is 30.5 Å². The molecule has 1 N–H and O–H groups in total. The molecule has 0 spiro atoms. The van der Waals surface area contributed by atoms with E-state index >= 15 is 0 Å². The van der Waals surface area contributed by atoms with Crippen molar-refractivity contribution < 1.29 is 4.79 Å². The summed E-state index contributed by atoms with van der Waals surface area (Å²) in [5, 5.41) is 11.7. The van der Waals surface area contributed by atoms with Crippen LogP contribution in [0.4, 0.5) is 5.69 Å². The van der Waals surface area contributed by atoms with Gasteiger partial charge in [-0.15, -0.1) is 5.10 Å². The Balaban J connectivity index is 1.52. The highest BCUT2D eigenvalue weighted by Crippen LogP contribution is 2.24. The van der Waals surface area contributed by atoms with Crippen LogP contribution in [0.25, 0.3) is 0 Å². The van der Waals surface area contributed by atoms with Gasteiger partial charge in [0.1, 0.15) is 0 Å². The number of rotatable bonds is 2. The molecule has 25 heavy (non-hydrogen) atoms. The molecule has 7 nitrogen and oxygen atoms in total. The second kappa shape index (κ2) is 6.84. The van der Waals surface area contributed by atoms with E-state index in [4.69, 9.17) is 0 Å². The molecule has 7 heteroatoms. The van der Waals surface area contributed by atoms with Gasteiger partial charge >= 0.3 is 0 Å². The molecule has 2 aliphatic heterocycles. The van der Waals surface area contributed by atoms with Crippen LogP contribution in [0.3, 0.4) is 0 Å². The maximum absolute atomic E-state index is 12.9. The minimum absolute atomic E-state index is 0.0368. The summed E-state index contributed by atoms with van der Waals surface area (Å²) in [5.41, 5.74) is 2.80. The van der Waals surface area contributed by atoms with Gasteiger partial charge < -0.3 is 15.1 Å². The highest BCUT2D eigenvalue weighted by Gasteiger charge is 2.25. The quantitative estimate of drug-likeness (QED) is 0.892. The molecule has 132 valence electrons. The maximum Gasteiger partial charge on any atom is 0.276 e. The molecule has 1 aromatic heterocycles. The second-order valence-corrected chi connectivity index (χ2v) is 6.84. The predicted molar refractivity (Wildman–Crippen MR) is 95.6 cm³/mol. The monoisotopic (exact) mass is 340 g/mol. The van der Waals surface area contributed by atoms with Crippen LogP contribution < -0.4 is 10.2 Å². The van der Waals surface area contributed by atoms with E-state index in [0.29, 0.717) is 24.8 Å². The van der Waals surface area contributed by atoms with Gasteiger partial charge in [0, 0.05) is 32.4 Å². The molecule has 1 amide bonds. The van der Waals surface area contributed by atoms with E-state index in [1.54, 1.807) is 0 Å². The Morgan fingerprint density at radius 2 is 2.00 bits per heavy atom. The number of hydrogen-bond acceptors (Lipinski definition) is 5. The normalized spacial score (nSPS) is 18.8. The van der Waals surface area contributed by atoms with E-state index in [0.717, 1.165) is 32.5 Å². The summed E-state index contributed by atoms with van der Waals surface area (Å²) in [7, 11) is 2.07. The molecule has 1 aromatic carbocycles. The molecule has 0 saturated carbocycles. The van der Waals surface area contributed by atoms with Crippen molar-refractivity contribution in [2.45, 2.75) is 25.4 Å². The highest BCUT2D eigenvalue weighted by atomic mass is 16.2. The molecule has 0 radical (unpaired) electrons. The Morgan fingerprint density at radius 1 is 1.20 bits per heavy atom. The zero-order valence-electron chi connectivity index (χ0n) is 14.6. The van der Waals surface area contributed by atoms with Crippen molar-refractivity contribution in [1.29, 1.82) is 0 Å². The summed E-state index contributed by atoms with van der Waals surface area (Å²) in [6, 6.07) is 8.59. The average Bonchev–Trinajstić information content (AvgIpc) is 3.09. The molecular formula is C18H24N6O. The van der Waals surface area contributed by atoms with Gasteiger partial charge in [-0.05, 0) is 37.6 Å². The molecule has 4 rings (SSSR count). The zero-order chi connectivity index (χ0) is 17.2. The number of carbonyl (C=O) groups is 1. The molecule has 0 aliphatic carbocycles. The molecule has 0 atom stereocenters. The Bertz CT molecular complexity index is 752.